The van der Waals surface area contributed by atoms with Crippen molar-refractivity contribution < 1.29 is 27.4 Å². The average molecular weight is 422 g/mol. The molecular weight excluding hydrogens is 397 g/mol. The summed E-state index contributed by atoms with van der Waals surface area (Å²) < 4.78 is 48.9. The van der Waals surface area contributed by atoms with Crippen LogP contribution in [0.1, 0.15) is 39.5 Å². The van der Waals surface area contributed by atoms with Gasteiger partial charge in [-0.1, -0.05) is 6.07 Å². The number of benzene rings is 2. The Labute approximate surface area is 174 Å². The van der Waals surface area contributed by atoms with Crippen molar-refractivity contribution in [3.8, 4) is 5.75 Å². The van der Waals surface area contributed by atoms with Crippen LogP contribution in [0.2, 0.25) is 0 Å². The Bertz CT molecular complexity index is 940. The standard InChI is InChI=1S/C22H25F3N2O3/c1-6-27(4)13-26-19-10-14(2)18(9-15(19)3)21(28)30-12-16-7-8-17(22(23,24)25)11-20(16)29-5/h7-11,13H,6,12H2,1-5H3/b26-13+. The molecule has 2 aromatic carbocycles. The van der Waals surface area contributed by atoms with Gasteiger partial charge in [0.15, 0.2) is 0 Å². The van der Waals surface area contributed by atoms with Crippen molar-refractivity contribution in [1.29, 1.82) is 0 Å². The van der Waals surface area contributed by atoms with Crippen molar-refractivity contribution >= 4 is 18.0 Å². The van der Waals surface area contributed by atoms with E-state index in [2.05, 4.69) is 4.99 Å². The molecule has 0 saturated carbocycles. The first-order valence-electron chi connectivity index (χ1n) is 9.33. The Kier molecular flexibility index (Phi) is 7.48. The Hall–Kier alpha value is -3.03. The first kappa shape index (κ1) is 23.3. The van der Waals surface area contributed by atoms with Crippen molar-refractivity contribution in [1.82, 2.24) is 4.90 Å². The van der Waals surface area contributed by atoms with Crippen molar-refractivity contribution in [2.24, 2.45) is 4.99 Å². The molecule has 0 radical (unpaired) electrons. The fourth-order valence-corrected chi connectivity index (χ4v) is 2.66. The number of hydrogen-bond donors (Lipinski definition) is 0. The summed E-state index contributed by atoms with van der Waals surface area (Å²) in [6, 6.07) is 6.56. The van der Waals surface area contributed by atoms with Gasteiger partial charge in [0.25, 0.3) is 0 Å². The highest BCUT2D eigenvalue weighted by molar-refractivity contribution is 5.92. The summed E-state index contributed by atoms with van der Waals surface area (Å²) in [5, 5.41) is 0. The molecule has 2 rings (SSSR count). The molecule has 2 aromatic rings. The maximum absolute atomic E-state index is 12.9. The molecule has 0 aliphatic heterocycles. The van der Waals surface area contributed by atoms with E-state index in [1.54, 1.807) is 25.4 Å². The van der Waals surface area contributed by atoms with Gasteiger partial charge in [-0.2, -0.15) is 13.2 Å². The summed E-state index contributed by atoms with van der Waals surface area (Å²) in [5.74, 6) is -0.561. The first-order chi connectivity index (χ1) is 14.1. The number of ether oxygens (including phenoxy) is 2. The number of carbonyl (C=O) groups excluding carboxylic acids is 1. The molecule has 0 N–H and O–H groups in total. The third-order valence-electron chi connectivity index (χ3n) is 4.63. The minimum absolute atomic E-state index is 0.00950. The van der Waals surface area contributed by atoms with Crippen LogP contribution in [-0.2, 0) is 17.5 Å². The molecule has 0 spiro atoms. The van der Waals surface area contributed by atoms with Gasteiger partial charge in [-0.05, 0) is 56.2 Å². The fraction of sp³-hybridized carbons (Fsp3) is 0.364. The van der Waals surface area contributed by atoms with Crippen LogP contribution in [0.15, 0.2) is 35.3 Å². The van der Waals surface area contributed by atoms with Gasteiger partial charge in [0.05, 0.1) is 30.3 Å². The van der Waals surface area contributed by atoms with E-state index >= 15 is 0 Å². The lowest BCUT2D eigenvalue weighted by Gasteiger charge is -2.14. The minimum atomic E-state index is -4.48. The molecule has 30 heavy (non-hydrogen) atoms. The number of hydrogen-bond acceptors (Lipinski definition) is 4. The van der Waals surface area contributed by atoms with Gasteiger partial charge in [0, 0.05) is 19.2 Å². The first-order valence-corrected chi connectivity index (χ1v) is 9.33. The van der Waals surface area contributed by atoms with Gasteiger partial charge in [-0.25, -0.2) is 9.79 Å². The third-order valence-corrected chi connectivity index (χ3v) is 4.63. The quantitative estimate of drug-likeness (QED) is 0.345. The molecule has 0 unspecified atom stereocenters. The van der Waals surface area contributed by atoms with E-state index in [1.165, 1.54) is 13.2 Å². The van der Waals surface area contributed by atoms with Crippen LogP contribution in [0.3, 0.4) is 0 Å². The molecule has 0 aromatic heterocycles. The van der Waals surface area contributed by atoms with E-state index < -0.39 is 17.7 Å². The fourth-order valence-electron chi connectivity index (χ4n) is 2.66. The predicted octanol–water partition coefficient (Wildman–Crippen LogP) is 5.30. The SMILES string of the molecule is CCN(C)/C=N/c1cc(C)c(C(=O)OCc2ccc(C(F)(F)F)cc2OC)cc1C. The topological polar surface area (TPSA) is 51.1 Å². The maximum atomic E-state index is 12.9. The highest BCUT2D eigenvalue weighted by atomic mass is 19.4. The van der Waals surface area contributed by atoms with Crippen molar-refractivity contribution in [3.63, 3.8) is 0 Å². The van der Waals surface area contributed by atoms with Crippen LogP contribution in [0.5, 0.6) is 5.75 Å². The van der Waals surface area contributed by atoms with Crippen LogP contribution >= 0.6 is 0 Å². The summed E-state index contributed by atoms with van der Waals surface area (Å²) in [5.41, 5.74) is 2.13. The second kappa shape index (κ2) is 9.65. The van der Waals surface area contributed by atoms with Gasteiger partial charge < -0.3 is 14.4 Å². The normalized spacial score (nSPS) is 11.6. The van der Waals surface area contributed by atoms with Crippen molar-refractivity contribution in [2.75, 3.05) is 20.7 Å². The van der Waals surface area contributed by atoms with Gasteiger partial charge in [0.1, 0.15) is 12.4 Å². The second-order valence-corrected chi connectivity index (χ2v) is 6.87. The average Bonchev–Trinajstić information content (AvgIpc) is 2.70. The number of carbonyl (C=O) groups is 1. The smallest absolute Gasteiger partial charge is 0.416 e. The lowest BCUT2D eigenvalue weighted by Crippen LogP contribution is -2.14. The Morgan fingerprint density at radius 1 is 1.17 bits per heavy atom. The summed E-state index contributed by atoms with van der Waals surface area (Å²) in [6.45, 7) is 6.24. The number of aliphatic imine (C=N–C) groups is 1. The molecule has 0 aliphatic carbocycles. The number of alkyl halides is 3. The number of esters is 1. The predicted molar refractivity (Wildman–Crippen MR) is 109 cm³/mol. The second-order valence-electron chi connectivity index (χ2n) is 6.87. The number of rotatable bonds is 7. The van der Waals surface area contributed by atoms with E-state index in [9.17, 15) is 18.0 Å². The molecule has 0 aliphatic rings. The largest absolute Gasteiger partial charge is 0.496 e. The Morgan fingerprint density at radius 3 is 2.47 bits per heavy atom. The highest BCUT2D eigenvalue weighted by Gasteiger charge is 2.31. The van der Waals surface area contributed by atoms with Crippen LogP contribution in [-0.4, -0.2) is 37.9 Å². The summed E-state index contributed by atoms with van der Waals surface area (Å²) in [6.07, 6.45) is -2.76. The zero-order valence-corrected chi connectivity index (χ0v) is 17.6. The number of aryl methyl sites for hydroxylation is 2. The van der Waals surface area contributed by atoms with Gasteiger partial charge in [-0.15, -0.1) is 0 Å². The number of nitrogens with zero attached hydrogens (tertiary/aromatic N) is 2. The third kappa shape index (κ3) is 5.75. The van der Waals surface area contributed by atoms with Gasteiger partial charge in [-0.3, -0.25) is 0 Å². The van der Waals surface area contributed by atoms with E-state index in [0.29, 0.717) is 16.7 Å². The summed E-state index contributed by atoms with van der Waals surface area (Å²) in [7, 11) is 3.18. The Balaban J connectivity index is 2.17. The molecule has 0 atom stereocenters. The molecule has 0 heterocycles. The number of methoxy groups -OCH3 is 1. The summed E-state index contributed by atoms with van der Waals surface area (Å²) >= 11 is 0. The van der Waals surface area contributed by atoms with Gasteiger partial charge >= 0.3 is 12.1 Å². The van der Waals surface area contributed by atoms with Gasteiger partial charge in [0.2, 0.25) is 0 Å². The molecule has 0 fully saturated rings. The molecule has 0 saturated heterocycles. The van der Waals surface area contributed by atoms with Crippen LogP contribution in [0.25, 0.3) is 0 Å². The molecule has 162 valence electrons. The molecule has 0 bridgehead atoms. The summed E-state index contributed by atoms with van der Waals surface area (Å²) in [4.78, 5) is 18.9. The minimum Gasteiger partial charge on any atom is -0.496 e. The maximum Gasteiger partial charge on any atom is 0.416 e. The lowest BCUT2D eigenvalue weighted by atomic mass is 10.0. The lowest BCUT2D eigenvalue weighted by molar-refractivity contribution is -0.137. The highest BCUT2D eigenvalue weighted by Crippen LogP contribution is 2.33. The van der Waals surface area contributed by atoms with E-state index in [-0.39, 0.29) is 12.4 Å². The molecular formula is C22H25F3N2O3. The number of halogens is 3. The molecule has 8 heteroatoms. The van der Waals surface area contributed by atoms with E-state index in [0.717, 1.165) is 29.9 Å². The zero-order valence-electron chi connectivity index (χ0n) is 17.6. The van der Waals surface area contributed by atoms with Crippen molar-refractivity contribution in [2.45, 2.75) is 33.6 Å². The van der Waals surface area contributed by atoms with Crippen molar-refractivity contribution in [3.05, 3.63) is 58.1 Å². The monoisotopic (exact) mass is 422 g/mol. The van der Waals surface area contributed by atoms with Crippen LogP contribution in [0.4, 0.5) is 18.9 Å². The van der Waals surface area contributed by atoms with Crippen LogP contribution in [0, 0.1) is 13.8 Å². The molecule has 0 amide bonds. The molecule has 5 nitrogen and oxygen atoms in total. The zero-order chi connectivity index (χ0) is 22.5. The van der Waals surface area contributed by atoms with E-state index in [1.807, 2.05) is 25.8 Å². The van der Waals surface area contributed by atoms with E-state index in [4.69, 9.17) is 9.47 Å². The Morgan fingerprint density at radius 2 is 1.87 bits per heavy atom. The van der Waals surface area contributed by atoms with Crippen LogP contribution < -0.4 is 4.74 Å².